The topological polar surface area (TPSA) is 173 Å². The number of piperazine rings is 1. The van der Waals surface area contributed by atoms with Crippen molar-refractivity contribution >= 4 is 75.7 Å². The third-order valence-corrected chi connectivity index (χ3v) is 7.93. The van der Waals surface area contributed by atoms with E-state index >= 15 is 0 Å². The minimum atomic E-state index is -5.08. The molecule has 6 rings (SSSR count). The average molecular weight is 790 g/mol. The highest BCUT2D eigenvalue weighted by molar-refractivity contribution is 6.33. The summed E-state index contributed by atoms with van der Waals surface area (Å²) in [6, 6.07) is 15.5. The predicted octanol–water partition coefficient (Wildman–Crippen LogP) is 7.38. The van der Waals surface area contributed by atoms with Gasteiger partial charge in [-0.1, -0.05) is 35.3 Å². The van der Waals surface area contributed by atoms with Crippen LogP contribution in [0.2, 0.25) is 10.0 Å². The Morgan fingerprint density at radius 3 is 2.04 bits per heavy atom. The van der Waals surface area contributed by atoms with Crippen LogP contribution < -0.4 is 20.9 Å². The molecule has 0 radical (unpaired) electrons. The zero-order chi connectivity index (χ0) is 38.9. The van der Waals surface area contributed by atoms with Crippen molar-refractivity contribution in [2.24, 2.45) is 0 Å². The zero-order valence-electron chi connectivity index (χ0n) is 27.0. The van der Waals surface area contributed by atoms with Gasteiger partial charge in [-0.15, -0.1) is 0 Å². The number of carboxylic acid groups (broad SMARTS) is 2. The molecule has 2 aromatic heterocycles. The summed E-state index contributed by atoms with van der Waals surface area (Å²) in [5.41, 5.74) is 5.41. The molecule has 53 heavy (non-hydrogen) atoms. The van der Waals surface area contributed by atoms with Gasteiger partial charge in [-0.3, -0.25) is 4.98 Å². The molecule has 0 unspecified atom stereocenters. The van der Waals surface area contributed by atoms with Gasteiger partial charge in [-0.2, -0.15) is 31.3 Å². The van der Waals surface area contributed by atoms with Crippen LogP contribution in [0, 0.1) is 0 Å². The maximum Gasteiger partial charge on any atom is 0.490 e. The van der Waals surface area contributed by atoms with Crippen LogP contribution in [0.4, 0.5) is 65.7 Å². The molecule has 1 saturated heterocycles. The fourth-order valence-electron chi connectivity index (χ4n) is 4.81. The smallest absolute Gasteiger partial charge is 0.475 e. The molecule has 2 amide bonds. The van der Waals surface area contributed by atoms with Crippen molar-refractivity contribution in [3.8, 4) is 0 Å². The largest absolute Gasteiger partial charge is 0.490 e. The summed E-state index contributed by atoms with van der Waals surface area (Å²) in [5.74, 6) is -4.62. The third-order valence-electron chi connectivity index (χ3n) is 7.33. The van der Waals surface area contributed by atoms with Crippen molar-refractivity contribution in [3.63, 3.8) is 0 Å². The Hall–Kier alpha value is -5.56. The molecule has 5 N–H and O–H groups in total. The summed E-state index contributed by atoms with van der Waals surface area (Å²) in [6.07, 6.45) is -3.60. The molecule has 21 heteroatoms. The first-order valence-electron chi connectivity index (χ1n) is 15.2. The molecule has 4 heterocycles. The first-order chi connectivity index (χ1) is 24.9. The number of para-hydroxylation sites is 1. The lowest BCUT2D eigenvalue weighted by molar-refractivity contribution is -0.193. The van der Waals surface area contributed by atoms with Crippen LogP contribution in [0.15, 0.2) is 67.1 Å². The monoisotopic (exact) mass is 788 g/mol. The van der Waals surface area contributed by atoms with E-state index in [2.05, 4.69) is 35.8 Å². The lowest BCUT2D eigenvalue weighted by atomic mass is 10.0. The standard InChI is InChI=1S/C28H26Cl2N8O.2C2HF3O2/c29-22-3-1-2-4-25(22)37-9-11-38(12-10-37)28(39)35-24-8-7-20-14-19(24)6-5-18-13-21(16-31-15-18)34-27-32-17-23(30)26(33-20)36-27;2*3-2(4,5)1(6)7/h1-4,7-8,13-17H,5-6,9-12H2,(H,35,39)(H2,32,33,34,36);2*(H,6,7). The van der Waals surface area contributed by atoms with E-state index in [1.165, 1.54) is 0 Å². The molecule has 0 atom stereocenters. The van der Waals surface area contributed by atoms with Gasteiger partial charge in [0.25, 0.3) is 0 Å². The van der Waals surface area contributed by atoms with Crippen LogP contribution >= 0.6 is 23.2 Å². The number of nitrogens with one attached hydrogen (secondary N) is 3. The molecule has 6 bridgehead atoms. The first-order valence-corrected chi connectivity index (χ1v) is 16.0. The van der Waals surface area contributed by atoms with E-state index in [1.807, 2.05) is 59.6 Å². The van der Waals surface area contributed by atoms with Gasteiger partial charge in [-0.25, -0.2) is 19.4 Å². The maximum atomic E-state index is 13.3. The number of aliphatic carboxylic acids is 2. The molecule has 0 aliphatic carbocycles. The summed E-state index contributed by atoms with van der Waals surface area (Å²) < 4.78 is 63.5. The number of halogens is 8. The van der Waals surface area contributed by atoms with E-state index < -0.39 is 24.3 Å². The SMILES string of the molecule is O=C(Nc1ccc2cc1CCc1cncc(c1)Nc1ncc(Cl)c(n1)N2)N1CCN(c2ccccc2Cl)CC1.O=C(O)C(F)(F)F.O=C(O)C(F)(F)F. The van der Waals surface area contributed by atoms with Gasteiger partial charge in [0.2, 0.25) is 5.95 Å². The fourth-order valence-corrected chi connectivity index (χ4v) is 5.20. The van der Waals surface area contributed by atoms with Gasteiger partial charge in [0, 0.05) is 43.8 Å². The van der Waals surface area contributed by atoms with Crippen molar-refractivity contribution in [2.45, 2.75) is 25.2 Å². The highest BCUT2D eigenvalue weighted by Crippen LogP contribution is 2.30. The molecule has 282 valence electrons. The van der Waals surface area contributed by atoms with Gasteiger partial charge in [0.15, 0.2) is 5.82 Å². The number of carbonyl (C=O) groups excluding carboxylic acids is 1. The second-order valence-corrected chi connectivity index (χ2v) is 11.9. The number of nitrogens with zero attached hydrogens (tertiary/aromatic N) is 5. The normalized spacial score (nSPS) is 13.8. The van der Waals surface area contributed by atoms with Crippen molar-refractivity contribution < 1.29 is 50.9 Å². The van der Waals surface area contributed by atoms with Crippen LogP contribution in [0.3, 0.4) is 0 Å². The summed E-state index contributed by atoms with van der Waals surface area (Å²) in [5, 5.41) is 25.0. The zero-order valence-corrected chi connectivity index (χ0v) is 28.5. The molecule has 4 aromatic rings. The summed E-state index contributed by atoms with van der Waals surface area (Å²) >= 11 is 12.8. The lowest BCUT2D eigenvalue weighted by Crippen LogP contribution is -2.50. The quantitative estimate of drug-likeness (QED) is 0.128. The second kappa shape index (κ2) is 17.3. The molecule has 0 spiro atoms. The van der Waals surface area contributed by atoms with Crippen molar-refractivity contribution in [1.82, 2.24) is 19.9 Å². The molecular formula is C32H28Cl2F6N8O5. The van der Waals surface area contributed by atoms with Crippen molar-refractivity contribution in [1.29, 1.82) is 0 Å². The van der Waals surface area contributed by atoms with Gasteiger partial charge in [0.05, 0.1) is 28.8 Å². The van der Waals surface area contributed by atoms with Crippen LogP contribution in [0.1, 0.15) is 11.1 Å². The van der Waals surface area contributed by atoms with Crippen molar-refractivity contribution in [2.75, 3.05) is 47.0 Å². The minimum absolute atomic E-state index is 0.120. The molecule has 13 nitrogen and oxygen atoms in total. The molecule has 2 aliphatic heterocycles. The highest BCUT2D eigenvalue weighted by Gasteiger charge is 2.39. The third kappa shape index (κ3) is 11.7. The Kier molecular flexibility index (Phi) is 13.1. The number of carboxylic acids is 2. The van der Waals surface area contributed by atoms with E-state index in [0.717, 1.165) is 45.3 Å². The van der Waals surface area contributed by atoms with E-state index in [9.17, 15) is 31.1 Å². The van der Waals surface area contributed by atoms with Gasteiger partial charge in [0.1, 0.15) is 5.02 Å². The predicted molar refractivity (Wildman–Crippen MR) is 183 cm³/mol. The Labute approximate surface area is 306 Å². The Bertz CT molecular complexity index is 1920. The van der Waals surface area contributed by atoms with Crippen LogP contribution in [-0.2, 0) is 22.4 Å². The Morgan fingerprint density at radius 2 is 1.42 bits per heavy atom. The average Bonchev–Trinajstić information content (AvgIpc) is 3.10. The first kappa shape index (κ1) is 40.2. The summed E-state index contributed by atoms with van der Waals surface area (Å²) in [6.45, 7) is 2.63. The van der Waals surface area contributed by atoms with E-state index in [0.29, 0.717) is 49.4 Å². The maximum absolute atomic E-state index is 13.3. The number of rotatable bonds is 2. The number of pyridine rings is 1. The molecular weight excluding hydrogens is 761 g/mol. The van der Waals surface area contributed by atoms with Gasteiger partial charge >= 0.3 is 30.3 Å². The van der Waals surface area contributed by atoms with E-state index in [1.54, 1.807) is 12.4 Å². The molecule has 2 aromatic carbocycles. The minimum Gasteiger partial charge on any atom is -0.475 e. The number of amides is 2. The number of aryl methyl sites for hydroxylation is 2. The lowest BCUT2D eigenvalue weighted by Gasteiger charge is -2.36. The molecule has 1 fully saturated rings. The number of benzene rings is 2. The number of aromatic nitrogens is 3. The van der Waals surface area contributed by atoms with E-state index in [-0.39, 0.29) is 6.03 Å². The van der Waals surface area contributed by atoms with Crippen LogP contribution in [0.25, 0.3) is 0 Å². The number of hydrogen-bond acceptors (Lipinski definition) is 9. The fraction of sp³-hybridized carbons (Fsp3) is 0.250. The number of urea groups is 1. The number of fused-ring (bicyclic) bond motifs is 6. The summed E-state index contributed by atoms with van der Waals surface area (Å²) in [7, 11) is 0. The number of hydrogen-bond donors (Lipinski definition) is 5. The number of alkyl halides is 6. The number of anilines is 6. The number of carbonyl (C=O) groups is 3. The van der Waals surface area contributed by atoms with Crippen LogP contribution in [0.5, 0.6) is 0 Å². The second-order valence-electron chi connectivity index (χ2n) is 11.1. The van der Waals surface area contributed by atoms with Gasteiger partial charge < -0.3 is 36.0 Å². The highest BCUT2D eigenvalue weighted by atomic mass is 35.5. The van der Waals surface area contributed by atoms with E-state index in [4.69, 9.17) is 43.0 Å². The van der Waals surface area contributed by atoms with Gasteiger partial charge in [-0.05, 0) is 60.4 Å². The van der Waals surface area contributed by atoms with Crippen molar-refractivity contribution in [3.05, 3.63) is 88.3 Å². The summed E-state index contributed by atoms with van der Waals surface area (Å²) in [4.78, 5) is 48.3. The van der Waals surface area contributed by atoms with Crippen LogP contribution in [-0.4, -0.2) is 86.6 Å². The molecule has 0 saturated carbocycles. The Balaban J connectivity index is 0.000000381. The molecule has 2 aliphatic rings. The Morgan fingerprint density at radius 1 is 0.774 bits per heavy atom.